The van der Waals surface area contributed by atoms with Gasteiger partial charge in [0.25, 0.3) is 0 Å². The molecule has 2 saturated heterocycles. The molecule has 2 fully saturated rings. The highest BCUT2D eigenvalue weighted by Gasteiger charge is 2.66. The monoisotopic (exact) mass is 188 g/mol. The molecule has 68 valence electrons. The van der Waals surface area contributed by atoms with E-state index in [-0.39, 0.29) is 17.7 Å². The Hall–Kier alpha value is -0.220. The van der Waals surface area contributed by atoms with Crippen LogP contribution in [-0.4, -0.2) is 35.3 Å². The number of carbonyl (C=O) groups is 1. The molecule has 0 aromatic carbocycles. The van der Waals surface area contributed by atoms with E-state index in [1.807, 2.05) is 25.6 Å². The lowest BCUT2D eigenvalue weighted by molar-refractivity contribution is -0.144. The van der Waals surface area contributed by atoms with Gasteiger partial charge in [0.2, 0.25) is 0 Å². The van der Waals surface area contributed by atoms with E-state index >= 15 is 0 Å². The van der Waals surface area contributed by atoms with Crippen LogP contribution in [-0.2, 0) is 14.3 Å². The molecule has 0 N–H and O–H groups in total. The predicted octanol–water partition coefficient (Wildman–Crippen LogP) is 0.822. The molecule has 0 spiro atoms. The number of ether oxygens (including phenoxy) is 2. The van der Waals surface area contributed by atoms with E-state index in [4.69, 9.17) is 9.47 Å². The summed E-state index contributed by atoms with van der Waals surface area (Å²) in [6, 6.07) is 0. The molecule has 3 nitrogen and oxygen atoms in total. The third-order valence-electron chi connectivity index (χ3n) is 2.31. The van der Waals surface area contributed by atoms with Gasteiger partial charge in [0.05, 0.1) is 6.61 Å². The normalized spacial score (nSPS) is 43.8. The van der Waals surface area contributed by atoms with E-state index in [9.17, 15) is 4.79 Å². The van der Waals surface area contributed by atoms with Crippen molar-refractivity contribution in [3.8, 4) is 0 Å². The Morgan fingerprint density at radius 1 is 1.83 bits per heavy atom. The maximum absolute atomic E-state index is 11.2. The van der Waals surface area contributed by atoms with E-state index < -0.39 is 0 Å². The second-order valence-electron chi connectivity index (χ2n) is 3.26. The Balaban J connectivity index is 1.89. The molecule has 0 radical (unpaired) electrons. The molecule has 4 heteroatoms. The highest BCUT2D eigenvalue weighted by atomic mass is 32.2. The second kappa shape index (κ2) is 2.64. The van der Waals surface area contributed by atoms with Crippen molar-refractivity contribution in [2.24, 2.45) is 0 Å². The van der Waals surface area contributed by atoms with Crippen LogP contribution in [0.25, 0.3) is 0 Å². The summed E-state index contributed by atoms with van der Waals surface area (Å²) in [6.07, 6.45) is -0.294. The summed E-state index contributed by atoms with van der Waals surface area (Å²) >= 11 is 1.84. The van der Waals surface area contributed by atoms with Crippen molar-refractivity contribution < 1.29 is 14.3 Å². The minimum Gasteiger partial charge on any atom is -0.464 e. The Bertz CT molecular complexity index is 214. The molecule has 2 rings (SSSR count). The van der Waals surface area contributed by atoms with Gasteiger partial charge in [-0.25, -0.2) is 4.79 Å². The molecule has 0 aromatic rings. The van der Waals surface area contributed by atoms with Gasteiger partial charge < -0.3 is 9.47 Å². The lowest BCUT2D eigenvalue weighted by atomic mass is 10.1. The van der Waals surface area contributed by atoms with Gasteiger partial charge in [-0.05, 0) is 13.8 Å². The van der Waals surface area contributed by atoms with Gasteiger partial charge in [0.1, 0.15) is 5.60 Å². The second-order valence-corrected chi connectivity index (χ2v) is 4.49. The predicted molar refractivity (Wildman–Crippen MR) is 46.2 cm³/mol. The van der Waals surface area contributed by atoms with Crippen LogP contribution >= 0.6 is 11.8 Å². The first-order valence-corrected chi connectivity index (χ1v) is 5.19. The van der Waals surface area contributed by atoms with Crippen molar-refractivity contribution in [1.82, 2.24) is 0 Å². The van der Waals surface area contributed by atoms with Gasteiger partial charge in [-0.2, -0.15) is 11.8 Å². The number of thioether (sulfide) groups is 1. The van der Waals surface area contributed by atoms with Crippen molar-refractivity contribution in [3.63, 3.8) is 0 Å². The molecule has 12 heavy (non-hydrogen) atoms. The number of rotatable bonds is 3. The molecule has 2 heterocycles. The first kappa shape index (κ1) is 8.38. The minimum absolute atomic E-state index is 0.201. The molecule has 3 unspecified atom stereocenters. The quantitative estimate of drug-likeness (QED) is 0.485. The van der Waals surface area contributed by atoms with Crippen molar-refractivity contribution in [1.29, 1.82) is 0 Å². The Morgan fingerprint density at radius 3 is 3.00 bits per heavy atom. The van der Waals surface area contributed by atoms with E-state index in [1.54, 1.807) is 0 Å². The molecule has 0 aromatic heterocycles. The van der Waals surface area contributed by atoms with Crippen molar-refractivity contribution in [2.75, 3.05) is 12.4 Å². The molecule has 0 saturated carbocycles. The summed E-state index contributed by atoms with van der Waals surface area (Å²) < 4.78 is 10.2. The minimum atomic E-state index is -0.294. The molecule has 0 aliphatic carbocycles. The van der Waals surface area contributed by atoms with Gasteiger partial charge in [-0.15, -0.1) is 0 Å². The van der Waals surface area contributed by atoms with Crippen LogP contribution in [0.15, 0.2) is 0 Å². The summed E-state index contributed by atoms with van der Waals surface area (Å²) in [5.41, 5.74) is -0.211. The first-order chi connectivity index (χ1) is 5.68. The average Bonchev–Trinajstić information content (AvgIpc) is 2.77. The van der Waals surface area contributed by atoms with Crippen molar-refractivity contribution in [2.45, 2.75) is 30.8 Å². The van der Waals surface area contributed by atoms with E-state index in [2.05, 4.69) is 0 Å². The van der Waals surface area contributed by atoms with Crippen LogP contribution in [0.3, 0.4) is 0 Å². The zero-order chi connectivity index (χ0) is 8.77. The van der Waals surface area contributed by atoms with E-state index in [0.29, 0.717) is 11.9 Å². The molecule has 0 amide bonds. The largest absolute Gasteiger partial charge is 0.464 e. The Morgan fingerprint density at radius 2 is 2.50 bits per heavy atom. The third kappa shape index (κ3) is 1.23. The number of hydrogen-bond acceptors (Lipinski definition) is 4. The van der Waals surface area contributed by atoms with Gasteiger partial charge in [-0.3, -0.25) is 0 Å². The van der Waals surface area contributed by atoms with Gasteiger partial charge in [-0.1, -0.05) is 0 Å². The van der Waals surface area contributed by atoms with Crippen molar-refractivity contribution >= 4 is 17.7 Å². The molecular weight excluding hydrogens is 176 g/mol. The SMILES string of the molecule is CCOC(=O)C1OC1(C)C1CS1. The zero-order valence-corrected chi connectivity index (χ0v) is 8.02. The number of esters is 1. The highest BCUT2D eigenvalue weighted by molar-refractivity contribution is 8.07. The van der Waals surface area contributed by atoms with Crippen LogP contribution in [0.2, 0.25) is 0 Å². The van der Waals surface area contributed by atoms with Crippen LogP contribution in [0.5, 0.6) is 0 Å². The first-order valence-electron chi connectivity index (χ1n) is 4.14. The summed E-state index contributed by atoms with van der Waals surface area (Å²) in [7, 11) is 0. The number of hydrogen-bond donors (Lipinski definition) is 0. The fraction of sp³-hybridized carbons (Fsp3) is 0.875. The van der Waals surface area contributed by atoms with Crippen LogP contribution in [0, 0.1) is 0 Å². The number of epoxide rings is 1. The lowest BCUT2D eigenvalue weighted by Gasteiger charge is -2.01. The maximum atomic E-state index is 11.2. The van der Waals surface area contributed by atoms with E-state index in [0.717, 1.165) is 5.75 Å². The van der Waals surface area contributed by atoms with Crippen LogP contribution in [0.4, 0.5) is 0 Å². The molecular formula is C8H12O3S. The third-order valence-corrected chi connectivity index (χ3v) is 3.44. The average molecular weight is 188 g/mol. The standard InChI is InChI=1S/C8H12O3S/c1-3-10-7(9)6-8(2,11-6)5-4-12-5/h5-6H,3-4H2,1-2H3. The fourth-order valence-electron chi connectivity index (χ4n) is 1.34. The van der Waals surface area contributed by atoms with Gasteiger partial charge in [0.15, 0.2) is 6.10 Å². The van der Waals surface area contributed by atoms with Crippen LogP contribution in [0.1, 0.15) is 13.8 Å². The fourth-order valence-corrected chi connectivity index (χ4v) is 2.28. The summed E-state index contributed by atoms with van der Waals surface area (Å²) in [5.74, 6) is 0.916. The molecule has 2 aliphatic rings. The molecule has 3 atom stereocenters. The van der Waals surface area contributed by atoms with Crippen LogP contribution < -0.4 is 0 Å². The number of carbonyl (C=O) groups excluding carboxylic acids is 1. The topological polar surface area (TPSA) is 38.8 Å². The van der Waals surface area contributed by atoms with Gasteiger partial charge in [0, 0.05) is 11.0 Å². The summed E-state index contributed by atoms with van der Waals surface area (Å²) in [6.45, 7) is 4.23. The Kier molecular flexibility index (Phi) is 1.84. The lowest BCUT2D eigenvalue weighted by Crippen LogP contribution is -2.24. The maximum Gasteiger partial charge on any atom is 0.338 e. The van der Waals surface area contributed by atoms with Gasteiger partial charge >= 0.3 is 5.97 Å². The highest BCUT2D eigenvalue weighted by Crippen LogP contribution is 2.53. The van der Waals surface area contributed by atoms with E-state index in [1.165, 1.54) is 0 Å². The Labute approximate surface area is 75.8 Å². The van der Waals surface area contributed by atoms with Crippen molar-refractivity contribution in [3.05, 3.63) is 0 Å². The molecule has 2 aliphatic heterocycles. The summed E-state index contributed by atoms with van der Waals surface area (Å²) in [4.78, 5) is 11.2. The molecule has 0 bridgehead atoms. The summed E-state index contributed by atoms with van der Waals surface area (Å²) in [5, 5.41) is 0.520. The smallest absolute Gasteiger partial charge is 0.338 e. The zero-order valence-electron chi connectivity index (χ0n) is 7.20.